The molecule has 0 radical (unpaired) electrons. The van der Waals surface area contributed by atoms with Crippen molar-refractivity contribution in [2.24, 2.45) is 0 Å². The van der Waals surface area contributed by atoms with Crippen LogP contribution in [0, 0.1) is 6.92 Å². The van der Waals surface area contributed by atoms with Crippen LogP contribution >= 0.6 is 11.6 Å². The summed E-state index contributed by atoms with van der Waals surface area (Å²) in [6, 6.07) is 13.8. The van der Waals surface area contributed by atoms with E-state index in [-0.39, 0.29) is 16.1 Å². The van der Waals surface area contributed by atoms with Crippen LogP contribution in [0.4, 0.5) is 24.5 Å². The Labute approximate surface area is 210 Å². The van der Waals surface area contributed by atoms with E-state index >= 15 is 0 Å². The molecule has 0 fully saturated rings. The first kappa shape index (κ1) is 27.0. The summed E-state index contributed by atoms with van der Waals surface area (Å²) in [5.41, 5.74) is -0.431. The number of anilines is 2. The first-order valence-electron chi connectivity index (χ1n) is 10.3. The molecule has 0 spiro atoms. The van der Waals surface area contributed by atoms with Crippen molar-refractivity contribution in [1.29, 1.82) is 0 Å². The fourth-order valence-corrected chi connectivity index (χ4v) is 4.81. The molecule has 7 nitrogen and oxygen atoms in total. The fourth-order valence-electron chi connectivity index (χ4n) is 3.18. The number of amides is 1. The predicted octanol–water partition coefficient (Wildman–Crippen LogP) is 5.29. The molecule has 0 saturated carbocycles. The Morgan fingerprint density at radius 1 is 1.00 bits per heavy atom. The number of nitrogens with one attached hydrogen (secondary N) is 1. The zero-order valence-electron chi connectivity index (χ0n) is 19.0. The maximum Gasteiger partial charge on any atom is 0.417 e. The van der Waals surface area contributed by atoms with E-state index in [4.69, 9.17) is 11.6 Å². The number of ether oxygens (including phenoxy) is 1. The first-order chi connectivity index (χ1) is 16.8. The van der Waals surface area contributed by atoms with Crippen LogP contribution < -0.4 is 9.62 Å². The molecule has 0 aromatic heterocycles. The largest absolute Gasteiger partial charge is 0.465 e. The van der Waals surface area contributed by atoms with E-state index in [9.17, 15) is 31.2 Å². The highest BCUT2D eigenvalue weighted by molar-refractivity contribution is 7.92. The number of benzene rings is 3. The van der Waals surface area contributed by atoms with Gasteiger partial charge in [0.05, 0.1) is 33.8 Å². The molecule has 0 bridgehead atoms. The van der Waals surface area contributed by atoms with Gasteiger partial charge in [0.25, 0.3) is 10.0 Å². The van der Waals surface area contributed by atoms with E-state index < -0.39 is 50.9 Å². The Morgan fingerprint density at radius 2 is 1.61 bits per heavy atom. The SMILES string of the molecule is COC(=O)c1ccc(NC(=O)CN(c2ccc(Cl)c(C(F)(F)F)c2)S(=O)(=O)c2ccc(C)cc2)cc1. The lowest BCUT2D eigenvalue weighted by Crippen LogP contribution is -2.38. The number of halogens is 4. The normalized spacial score (nSPS) is 11.6. The standard InChI is InChI=1S/C24H20ClF3N2O5S/c1-15-3-10-19(11-4-15)36(33,34)30(18-9-12-21(25)20(13-18)24(26,27)28)14-22(31)29-17-7-5-16(6-8-17)23(32)35-2/h3-13H,14H2,1-2H3,(H,29,31). The van der Waals surface area contributed by atoms with Crippen molar-refractivity contribution in [2.75, 3.05) is 23.3 Å². The highest BCUT2D eigenvalue weighted by Gasteiger charge is 2.35. The average Bonchev–Trinajstić information content (AvgIpc) is 2.82. The Hall–Kier alpha value is -3.57. The van der Waals surface area contributed by atoms with Gasteiger partial charge < -0.3 is 10.1 Å². The molecule has 0 heterocycles. The van der Waals surface area contributed by atoms with Crippen LogP contribution in [0.5, 0.6) is 0 Å². The molecule has 1 N–H and O–H groups in total. The van der Waals surface area contributed by atoms with E-state index in [1.54, 1.807) is 6.92 Å². The van der Waals surface area contributed by atoms with Gasteiger partial charge in [0.2, 0.25) is 5.91 Å². The molecule has 0 atom stereocenters. The number of carbonyl (C=O) groups is 2. The summed E-state index contributed by atoms with van der Waals surface area (Å²) < 4.78 is 72.4. The number of hydrogen-bond donors (Lipinski definition) is 1. The second-order valence-electron chi connectivity index (χ2n) is 7.60. The monoisotopic (exact) mass is 540 g/mol. The smallest absolute Gasteiger partial charge is 0.417 e. The zero-order chi connectivity index (χ0) is 26.7. The predicted molar refractivity (Wildman–Crippen MR) is 129 cm³/mol. The maximum absolute atomic E-state index is 13.5. The van der Waals surface area contributed by atoms with E-state index in [0.29, 0.717) is 10.4 Å². The van der Waals surface area contributed by atoms with Crippen LogP contribution in [0.15, 0.2) is 71.6 Å². The van der Waals surface area contributed by atoms with Crippen LogP contribution in [0.1, 0.15) is 21.5 Å². The molecule has 190 valence electrons. The van der Waals surface area contributed by atoms with Crippen molar-refractivity contribution >= 4 is 44.9 Å². The second-order valence-corrected chi connectivity index (χ2v) is 9.87. The van der Waals surface area contributed by atoms with Crippen molar-refractivity contribution in [3.05, 3.63) is 88.4 Å². The quantitative estimate of drug-likeness (QED) is 0.411. The lowest BCUT2D eigenvalue weighted by Gasteiger charge is -2.25. The molecule has 3 aromatic rings. The maximum atomic E-state index is 13.5. The van der Waals surface area contributed by atoms with E-state index in [1.165, 1.54) is 55.6 Å². The molecular weight excluding hydrogens is 521 g/mol. The number of esters is 1. The Balaban J connectivity index is 1.98. The summed E-state index contributed by atoms with van der Waals surface area (Å²) in [6.45, 7) is 0.899. The van der Waals surface area contributed by atoms with Gasteiger partial charge in [-0.05, 0) is 61.5 Å². The lowest BCUT2D eigenvalue weighted by molar-refractivity contribution is -0.137. The number of sulfonamides is 1. The van der Waals surface area contributed by atoms with E-state index in [1.807, 2.05) is 0 Å². The minimum absolute atomic E-state index is 0.216. The lowest BCUT2D eigenvalue weighted by atomic mass is 10.2. The molecule has 3 aromatic carbocycles. The summed E-state index contributed by atoms with van der Waals surface area (Å²) >= 11 is 5.69. The average molecular weight is 541 g/mol. The topological polar surface area (TPSA) is 92.8 Å². The Kier molecular flexibility index (Phi) is 7.95. The van der Waals surface area contributed by atoms with Crippen molar-refractivity contribution in [3.8, 4) is 0 Å². The van der Waals surface area contributed by atoms with Gasteiger partial charge in [0.15, 0.2) is 0 Å². The van der Waals surface area contributed by atoms with Crippen LogP contribution in [-0.4, -0.2) is 33.9 Å². The number of aryl methyl sites for hydroxylation is 1. The van der Waals surface area contributed by atoms with Crippen molar-refractivity contribution < 1.29 is 35.9 Å². The molecule has 0 aliphatic rings. The summed E-state index contributed by atoms with van der Waals surface area (Å²) in [5, 5.41) is 1.85. The number of methoxy groups -OCH3 is 1. The van der Waals surface area contributed by atoms with Gasteiger partial charge >= 0.3 is 12.1 Å². The van der Waals surface area contributed by atoms with Crippen LogP contribution in [0.25, 0.3) is 0 Å². The fraction of sp³-hybridized carbons (Fsp3) is 0.167. The van der Waals surface area contributed by atoms with Gasteiger partial charge in [-0.1, -0.05) is 29.3 Å². The number of nitrogens with zero attached hydrogens (tertiary/aromatic N) is 1. The van der Waals surface area contributed by atoms with Gasteiger partial charge in [-0.3, -0.25) is 9.10 Å². The van der Waals surface area contributed by atoms with Crippen LogP contribution in [0.3, 0.4) is 0 Å². The van der Waals surface area contributed by atoms with Gasteiger partial charge in [0, 0.05) is 5.69 Å². The number of rotatable bonds is 7. The highest BCUT2D eigenvalue weighted by Crippen LogP contribution is 2.38. The molecule has 12 heteroatoms. The number of hydrogen-bond acceptors (Lipinski definition) is 5. The van der Waals surface area contributed by atoms with Gasteiger partial charge in [-0.15, -0.1) is 0 Å². The summed E-state index contributed by atoms with van der Waals surface area (Å²) in [7, 11) is -3.24. The number of alkyl halides is 3. The van der Waals surface area contributed by atoms with Gasteiger partial charge in [-0.25, -0.2) is 13.2 Å². The molecule has 3 rings (SSSR count). The summed E-state index contributed by atoms with van der Waals surface area (Å²) in [4.78, 5) is 24.1. The Morgan fingerprint density at radius 3 is 2.17 bits per heavy atom. The van der Waals surface area contributed by atoms with Crippen molar-refractivity contribution in [3.63, 3.8) is 0 Å². The molecule has 0 aliphatic carbocycles. The minimum atomic E-state index is -4.85. The van der Waals surface area contributed by atoms with Crippen molar-refractivity contribution in [1.82, 2.24) is 0 Å². The molecule has 0 saturated heterocycles. The third kappa shape index (κ3) is 6.16. The summed E-state index contributed by atoms with van der Waals surface area (Å²) in [6.07, 6.45) is -4.85. The minimum Gasteiger partial charge on any atom is -0.465 e. The van der Waals surface area contributed by atoms with Gasteiger partial charge in [-0.2, -0.15) is 13.2 Å². The third-order valence-corrected chi connectivity index (χ3v) is 7.15. The van der Waals surface area contributed by atoms with Gasteiger partial charge in [0.1, 0.15) is 6.54 Å². The Bertz CT molecular complexity index is 1380. The van der Waals surface area contributed by atoms with Crippen molar-refractivity contribution in [2.45, 2.75) is 18.0 Å². The van der Waals surface area contributed by atoms with E-state index in [2.05, 4.69) is 10.1 Å². The first-order valence-corrected chi connectivity index (χ1v) is 12.1. The van der Waals surface area contributed by atoms with Crippen LogP contribution in [-0.2, 0) is 25.7 Å². The molecule has 0 unspecified atom stereocenters. The van der Waals surface area contributed by atoms with Crippen LogP contribution in [0.2, 0.25) is 5.02 Å². The van der Waals surface area contributed by atoms with E-state index in [0.717, 1.165) is 17.7 Å². The zero-order valence-corrected chi connectivity index (χ0v) is 20.5. The highest BCUT2D eigenvalue weighted by atomic mass is 35.5. The second kappa shape index (κ2) is 10.6. The third-order valence-electron chi connectivity index (χ3n) is 5.03. The molecule has 0 aliphatic heterocycles. The molecule has 36 heavy (non-hydrogen) atoms. The molecule has 1 amide bonds. The molecular formula is C24H20ClF3N2O5S. The summed E-state index contributed by atoms with van der Waals surface area (Å²) in [5.74, 6) is -1.42. The number of carbonyl (C=O) groups excluding carboxylic acids is 2.